The van der Waals surface area contributed by atoms with E-state index in [1.165, 1.54) is 31.2 Å². The number of rotatable bonds is 7. The molecule has 1 aromatic heterocycles. The van der Waals surface area contributed by atoms with E-state index >= 15 is 0 Å². The number of carboxylic acids is 1. The Morgan fingerprint density at radius 3 is 2.84 bits per heavy atom. The van der Waals surface area contributed by atoms with Gasteiger partial charge < -0.3 is 40.2 Å². The number of carboxylic acid groups (broad SMARTS) is 1. The van der Waals surface area contributed by atoms with Crippen LogP contribution in [0.2, 0.25) is 0 Å². The Morgan fingerprint density at radius 2 is 2.26 bits per heavy atom. The molecule has 0 saturated carbocycles. The van der Waals surface area contributed by atoms with Gasteiger partial charge in [0.2, 0.25) is 5.71 Å². The van der Waals surface area contributed by atoms with Crippen molar-refractivity contribution in [1.82, 2.24) is 10.2 Å². The number of carbonyl (C=O) groups excluding carboxylic acids is 3. The van der Waals surface area contributed by atoms with Crippen LogP contribution in [0.5, 0.6) is 0 Å². The molecule has 160 valence electrons. The maximum atomic E-state index is 12.6. The molecule has 2 atom stereocenters. The quantitative estimate of drug-likeness (QED) is 0.0882. The number of hydrogen-bond acceptors (Lipinski definition) is 11. The van der Waals surface area contributed by atoms with E-state index in [4.69, 9.17) is 20.1 Å². The summed E-state index contributed by atoms with van der Waals surface area (Å²) >= 11 is 1.20. The van der Waals surface area contributed by atoms with Gasteiger partial charge >= 0.3 is 35.6 Å². The van der Waals surface area contributed by atoms with Crippen LogP contribution in [0.1, 0.15) is 5.76 Å². The van der Waals surface area contributed by atoms with Gasteiger partial charge in [0.15, 0.2) is 5.76 Å². The predicted molar refractivity (Wildman–Crippen MR) is 98.7 cm³/mol. The third-order valence-electron chi connectivity index (χ3n) is 4.17. The summed E-state index contributed by atoms with van der Waals surface area (Å²) < 4.78 is 10.0. The fraction of sp³-hybridized carbons (Fsp3) is 0.312. The summed E-state index contributed by atoms with van der Waals surface area (Å²) in [5.74, 6) is -2.69. The molecule has 0 bridgehead atoms. The molecule has 31 heavy (non-hydrogen) atoms. The zero-order chi connectivity index (χ0) is 21.8. The minimum Gasteiger partial charge on any atom is -0.543 e. The maximum absolute atomic E-state index is 12.6. The first-order valence-electron chi connectivity index (χ1n) is 8.33. The topological polar surface area (TPSA) is 192 Å². The summed E-state index contributed by atoms with van der Waals surface area (Å²) in [6.07, 6.45) is 1.34. The van der Waals surface area contributed by atoms with Crippen LogP contribution in [0.3, 0.4) is 0 Å². The van der Waals surface area contributed by atoms with E-state index in [-0.39, 0.29) is 64.7 Å². The molecule has 0 spiro atoms. The number of nitrogens with two attached hydrogens (primary N) is 1. The third-order valence-corrected chi connectivity index (χ3v) is 5.51. The molecule has 0 aliphatic carbocycles. The molecule has 2 aliphatic heterocycles. The Labute approximate surface area is 201 Å². The molecule has 15 heteroatoms. The second kappa shape index (κ2) is 10.6. The molecule has 1 saturated heterocycles. The number of hydrogen-bond donors (Lipinski definition) is 3. The third kappa shape index (κ3) is 4.98. The summed E-state index contributed by atoms with van der Waals surface area (Å²) in [5, 5.41) is 28.2. The van der Waals surface area contributed by atoms with Gasteiger partial charge in [0.1, 0.15) is 25.1 Å². The van der Waals surface area contributed by atoms with E-state index in [9.17, 15) is 19.5 Å². The first-order valence-corrected chi connectivity index (χ1v) is 9.38. The average Bonchev–Trinajstić information content (AvgIpc) is 3.27. The molecule has 1 aromatic rings. The van der Waals surface area contributed by atoms with Crippen molar-refractivity contribution in [2.75, 3.05) is 19.5 Å². The molecule has 3 heterocycles. The molecule has 13 nitrogen and oxygen atoms in total. The first-order chi connectivity index (χ1) is 14.4. The minimum absolute atomic E-state index is 0. The fourth-order valence-corrected chi connectivity index (χ4v) is 4.21. The van der Waals surface area contributed by atoms with Crippen LogP contribution in [-0.2, 0) is 24.0 Å². The van der Waals surface area contributed by atoms with Crippen LogP contribution in [0.4, 0.5) is 0 Å². The Bertz CT molecular complexity index is 948. The van der Waals surface area contributed by atoms with Crippen molar-refractivity contribution < 1.29 is 68.2 Å². The molecule has 0 radical (unpaired) electrons. The molecule has 1 fully saturated rings. The monoisotopic (exact) mass is 461 g/mol. The van der Waals surface area contributed by atoms with E-state index in [1.54, 1.807) is 6.07 Å². The summed E-state index contributed by atoms with van der Waals surface area (Å²) in [5.41, 5.74) is 4.86. The van der Waals surface area contributed by atoms with Crippen LogP contribution in [0.15, 0.2) is 44.4 Å². The number of ether oxygens (including phenoxy) is 1. The molecule has 0 unspecified atom stereocenters. The van der Waals surface area contributed by atoms with E-state index in [2.05, 4.69) is 20.5 Å². The normalized spacial score (nSPS) is 20.9. The largest absolute Gasteiger partial charge is 1.00 e. The summed E-state index contributed by atoms with van der Waals surface area (Å²) in [4.78, 5) is 42.4. The zero-order valence-corrected chi connectivity index (χ0v) is 19.2. The zero-order valence-electron chi connectivity index (χ0n) is 16.4. The summed E-state index contributed by atoms with van der Waals surface area (Å²) in [6.45, 7) is -0.317. The number of β-lactam (4-membered cyclic amide) rings is 1. The van der Waals surface area contributed by atoms with Gasteiger partial charge in [0.05, 0.1) is 17.9 Å². The molecular formula is C16H16N5NaO8S. The second-order valence-electron chi connectivity index (χ2n) is 5.93. The molecule has 3 rings (SSSR count). The van der Waals surface area contributed by atoms with E-state index in [1.807, 2.05) is 0 Å². The van der Waals surface area contributed by atoms with Gasteiger partial charge in [-0.25, -0.2) is 0 Å². The van der Waals surface area contributed by atoms with Gasteiger partial charge in [0, 0.05) is 11.3 Å². The maximum Gasteiger partial charge on any atom is 1.00 e. The van der Waals surface area contributed by atoms with Crippen LogP contribution in [0.25, 0.3) is 0 Å². The standard InChI is InChI=1S/C16H17N5O8S.Na/c1-27-20-9(8-3-2-4-28-8)12(22)18-10-13(23)21-11(15(24)25)7(6-30-14(10)21)5-29-16(17)19-26;/h2-4,10,14,26H,5-6H2,1H3,(H2,17,19)(H,18,22)(H,24,25);/q;+1/p-1/b20-9-;/t10-,14+;/m0./s1. The molecule has 0 aromatic carbocycles. The van der Waals surface area contributed by atoms with Crippen LogP contribution in [0, 0.1) is 0 Å². The van der Waals surface area contributed by atoms with E-state index in [0.29, 0.717) is 0 Å². The van der Waals surface area contributed by atoms with E-state index < -0.39 is 35.2 Å². The summed E-state index contributed by atoms with van der Waals surface area (Å²) in [7, 11) is 1.25. The number of fused-ring (bicyclic) bond motifs is 1. The summed E-state index contributed by atoms with van der Waals surface area (Å²) in [6, 6.07) is 1.48. The molecule has 2 aliphatic rings. The number of aliphatic carboxylic acids is 1. The molecule has 2 amide bonds. The Balaban J connectivity index is 0.00000341. The van der Waals surface area contributed by atoms with Gasteiger partial charge in [-0.2, -0.15) is 0 Å². The number of amides is 2. The number of carbonyl (C=O) groups is 3. The van der Waals surface area contributed by atoms with Gasteiger partial charge in [-0.15, -0.1) is 11.8 Å². The van der Waals surface area contributed by atoms with Gasteiger partial charge in [-0.1, -0.05) is 5.16 Å². The van der Waals surface area contributed by atoms with Crippen LogP contribution >= 0.6 is 11.8 Å². The van der Waals surface area contributed by atoms with Crippen molar-refractivity contribution in [3.63, 3.8) is 0 Å². The van der Waals surface area contributed by atoms with Gasteiger partial charge in [-0.05, 0) is 17.3 Å². The fourth-order valence-electron chi connectivity index (χ4n) is 2.89. The number of thioether (sulfide) groups is 1. The van der Waals surface area contributed by atoms with Crippen molar-refractivity contribution >= 4 is 41.3 Å². The van der Waals surface area contributed by atoms with Crippen molar-refractivity contribution in [2.24, 2.45) is 16.0 Å². The van der Waals surface area contributed by atoms with Crippen LogP contribution < -0.4 is 45.7 Å². The van der Waals surface area contributed by atoms with Crippen molar-refractivity contribution in [3.8, 4) is 0 Å². The average molecular weight is 461 g/mol. The number of nitrogens with one attached hydrogen (secondary N) is 1. The Morgan fingerprint density at radius 1 is 1.52 bits per heavy atom. The van der Waals surface area contributed by atoms with E-state index in [0.717, 1.165) is 4.90 Å². The number of furan rings is 1. The Hall–Kier alpha value is -2.68. The Kier molecular flexibility index (Phi) is 8.38. The van der Waals surface area contributed by atoms with Gasteiger partial charge in [-0.3, -0.25) is 14.5 Å². The van der Waals surface area contributed by atoms with Gasteiger partial charge in [0.25, 0.3) is 11.8 Å². The van der Waals surface area contributed by atoms with Crippen molar-refractivity contribution in [1.29, 1.82) is 0 Å². The predicted octanol–water partition coefficient (Wildman–Crippen LogP) is -5.24. The minimum atomic E-state index is -1.59. The SMILES string of the molecule is CO/N=C(\C(=O)N[C@H]1C(=O)N2C(C(=O)[O-])=C(CO/C(N)=N/O)CS[C@H]12)c1ccco1.[Na+]. The van der Waals surface area contributed by atoms with Crippen molar-refractivity contribution in [2.45, 2.75) is 11.4 Å². The smallest absolute Gasteiger partial charge is 0.543 e. The second-order valence-corrected chi connectivity index (χ2v) is 7.03. The number of nitrogens with zero attached hydrogens (tertiary/aromatic N) is 3. The first kappa shape index (κ1) is 24.6. The molecule has 4 N–H and O–H groups in total. The number of oxime groups is 2. The van der Waals surface area contributed by atoms with Crippen molar-refractivity contribution in [3.05, 3.63) is 35.4 Å². The molecular weight excluding hydrogens is 445 g/mol. The number of amidine groups is 1. The van der Waals surface area contributed by atoms with Crippen LogP contribution in [-0.4, -0.2) is 70.5 Å².